The Balaban J connectivity index is 2.17. The molecule has 62 valence electrons. The summed E-state index contributed by atoms with van der Waals surface area (Å²) in [6.07, 6.45) is 4.02. The molecule has 0 amide bonds. The van der Waals surface area contributed by atoms with E-state index in [0.29, 0.717) is 6.67 Å². The number of hydrogen-bond acceptors (Lipinski definition) is 3. The van der Waals surface area contributed by atoms with Crippen molar-refractivity contribution < 1.29 is 0 Å². The van der Waals surface area contributed by atoms with Crippen LogP contribution in [0.3, 0.4) is 0 Å². The van der Waals surface area contributed by atoms with E-state index in [1.807, 2.05) is 4.90 Å². The van der Waals surface area contributed by atoms with Crippen molar-refractivity contribution in [2.24, 2.45) is 9.98 Å². The summed E-state index contributed by atoms with van der Waals surface area (Å²) in [5.41, 5.74) is 0. The average molecular weight is 194 g/mol. The van der Waals surface area contributed by atoms with E-state index in [0.717, 1.165) is 13.0 Å². The first-order valence-corrected chi connectivity index (χ1v) is 4.20. The summed E-state index contributed by atoms with van der Waals surface area (Å²) in [6.45, 7) is 1.46. The number of hydrogen-bond donors (Lipinski definition) is 0. The van der Waals surface area contributed by atoms with Crippen molar-refractivity contribution >= 4 is 35.9 Å². The van der Waals surface area contributed by atoms with Gasteiger partial charge in [-0.1, -0.05) is 0 Å². The Hall–Kier alpha value is -0.280. The van der Waals surface area contributed by atoms with Gasteiger partial charge in [-0.2, -0.15) is 0 Å². The highest BCUT2D eigenvalue weighted by molar-refractivity contribution is 6.44. The zero-order valence-electron chi connectivity index (χ0n) is 5.95. The fourth-order valence-electron chi connectivity index (χ4n) is 0.741. The van der Waals surface area contributed by atoms with Crippen LogP contribution >= 0.6 is 23.2 Å². The summed E-state index contributed by atoms with van der Waals surface area (Å²) in [5.74, 6) is 0. The molecule has 0 saturated carbocycles. The lowest BCUT2D eigenvalue weighted by Crippen LogP contribution is -2.26. The van der Waals surface area contributed by atoms with Crippen molar-refractivity contribution in [1.29, 1.82) is 0 Å². The highest BCUT2D eigenvalue weighted by Gasteiger charge is 2.04. The van der Waals surface area contributed by atoms with Gasteiger partial charge in [-0.3, -0.25) is 4.99 Å². The molecule has 0 N–H and O–H groups in total. The van der Waals surface area contributed by atoms with Crippen molar-refractivity contribution in [3.63, 3.8) is 0 Å². The molecule has 1 aliphatic heterocycles. The number of alkyl halides is 2. The van der Waals surface area contributed by atoms with Gasteiger partial charge in [0.1, 0.15) is 17.8 Å². The summed E-state index contributed by atoms with van der Waals surface area (Å²) >= 11 is 11.1. The molecule has 0 bridgehead atoms. The molecule has 0 aromatic heterocycles. The molecule has 0 saturated heterocycles. The second-order valence-electron chi connectivity index (χ2n) is 2.20. The van der Waals surface area contributed by atoms with Crippen molar-refractivity contribution in [3.8, 4) is 0 Å². The topological polar surface area (TPSA) is 28.0 Å². The molecule has 1 heterocycles. The molecular formula is C6H9Cl2N3. The highest BCUT2D eigenvalue weighted by Crippen LogP contribution is 2.07. The molecule has 0 aliphatic carbocycles. The fourth-order valence-corrected chi connectivity index (χ4v) is 0.936. The van der Waals surface area contributed by atoms with Crippen molar-refractivity contribution in [2.75, 3.05) is 13.2 Å². The molecule has 3 nitrogen and oxygen atoms in total. The van der Waals surface area contributed by atoms with Crippen LogP contribution in [0.5, 0.6) is 0 Å². The first-order valence-electron chi connectivity index (χ1n) is 3.33. The third kappa shape index (κ3) is 3.58. The van der Waals surface area contributed by atoms with Crippen LogP contribution in [0.2, 0.25) is 0 Å². The van der Waals surface area contributed by atoms with Gasteiger partial charge < -0.3 is 4.90 Å². The lowest BCUT2D eigenvalue weighted by molar-refractivity contribution is 0.438. The standard InChI is InChI=1S/C6H9Cl2N3/c7-6(8)1-2-11-4-9-3-10-5-11/h3-4,6H,1-2,5H2. The molecule has 0 aromatic carbocycles. The van der Waals surface area contributed by atoms with Crippen LogP contribution in [-0.2, 0) is 0 Å². The normalized spacial score (nSPS) is 16.5. The van der Waals surface area contributed by atoms with Crippen LogP contribution in [0, 0.1) is 0 Å². The van der Waals surface area contributed by atoms with E-state index in [4.69, 9.17) is 23.2 Å². The second-order valence-corrected chi connectivity index (χ2v) is 3.47. The summed E-state index contributed by atoms with van der Waals surface area (Å²) in [7, 11) is 0. The Kier molecular flexibility index (Phi) is 3.66. The van der Waals surface area contributed by atoms with Gasteiger partial charge in [-0.15, -0.1) is 23.2 Å². The molecule has 0 unspecified atom stereocenters. The summed E-state index contributed by atoms with van der Waals surface area (Å²) in [4.78, 5) is 9.47. The number of aliphatic imine (C=N–C) groups is 2. The molecule has 11 heavy (non-hydrogen) atoms. The zero-order chi connectivity index (χ0) is 8.10. The number of halogens is 2. The Morgan fingerprint density at radius 3 is 2.91 bits per heavy atom. The third-order valence-electron chi connectivity index (χ3n) is 1.28. The van der Waals surface area contributed by atoms with Crippen LogP contribution in [0.1, 0.15) is 6.42 Å². The van der Waals surface area contributed by atoms with Crippen molar-refractivity contribution in [1.82, 2.24) is 4.90 Å². The van der Waals surface area contributed by atoms with Gasteiger partial charge in [0.05, 0.1) is 6.34 Å². The van der Waals surface area contributed by atoms with Crippen molar-refractivity contribution in [3.05, 3.63) is 0 Å². The Labute approximate surface area is 75.7 Å². The lowest BCUT2D eigenvalue weighted by Gasteiger charge is -2.18. The minimum Gasteiger partial charge on any atom is -0.343 e. The Morgan fingerprint density at radius 1 is 1.55 bits per heavy atom. The zero-order valence-corrected chi connectivity index (χ0v) is 7.46. The Morgan fingerprint density at radius 2 is 2.36 bits per heavy atom. The van der Waals surface area contributed by atoms with Gasteiger partial charge >= 0.3 is 0 Å². The molecule has 0 aromatic rings. The molecule has 0 spiro atoms. The van der Waals surface area contributed by atoms with Gasteiger partial charge in [0, 0.05) is 6.54 Å². The van der Waals surface area contributed by atoms with Crippen molar-refractivity contribution in [2.45, 2.75) is 11.3 Å². The van der Waals surface area contributed by atoms with E-state index in [1.165, 1.54) is 6.34 Å². The van der Waals surface area contributed by atoms with Crippen LogP contribution in [0.4, 0.5) is 0 Å². The summed E-state index contributed by atoms with van der Waals surface area (Å²) in [6, 6.07) is 0. The van der Waals surface area contributed by atoms with Gasteiger partial charge in [-0.25, -0.2) is 4.99 Å². The quantitative estimate of drug-likeness (QED) is 0.625. The fraction of sp³-hybridized carbons (Fsp3) is 0.667. The van der Waals surface area contributed by atoms with Crippen LogP contribution in [-0.4, -0.2) is 35.6 Å². The maximum Gasteiger partial charge on any atom is 0.113 e. The molecule has 5 heteroatoms. The van der Waals surface area contributed by atoms with E-state index in [9.17, 15) is 0 Å². The lowest BCUT2D eigenvalue weighted by atomic mass is 10.4. The third-order valence-corrected chi connectivity index (χ3v) is 1.71. The first-order chi connectivity index (χ1) is 5.29. The SMILES string of the molecule is ClC(Cl)CCN1C=NC=NC1. The van der Waals surface area contributed by atoms with E-state index in [-0.39, 0.29) is 4.84 Å². The predicted octanol–water partition coefficient (Wildman–Crippen LogP) is 1.51. The first kappa shape index (κ1) is 8.81. The van der Waals surface area contributed by atoms with E-state index in [1.54, 1.807) is 6.34 Å². The molecular weight excluding hydrogens is 185 g/mol. The minimum absolute atomic E-state index is 0.297. The summed E-state index contributed by atoms with van der Waals surface area (Å²) < 4.78 is 0. The van der Waals surface area contributed by atoms with Gasteiger partial charge in [0.25, 0.3) is 0 Å². The van der Waals surface area contributed by atoms with Gasteiger partial charge in [-0.05, 0) is 6.42 Å². The molecule has 0 fully saturated rings. The average Bonchev–Trinajstić information content (AvgIpc) is 2.03. The largest absolute Gasteiger partial charge is 0.343 e. The maximum atomic E-state index is 5.55. The highest BCUT2D eigenvalue weighted by atomic mass is 35.5. The number of rotatable bonds is 3. The van der Waals surface area contributed by atoms with E-state index in [2.05, 4.69) is 9.98 Å². The van der Waals surface area contributed by atoms with Gasteiger partial charge in [0.15, 0.2) is 0 Å². The van der Waals surface area contributed by atoms with Gasteiger partial charge in [0.2, 0.25) is 0 Å². The van der Waals surface area contributed by atoms with Crippen LogP contribution in [0.25, 0.3) is 0 Å². The molecule has 0 atom stereocenters. The number of nitrogens with zero attached hydrogens (tertiary/aromatic N) is 3. The predicted molar refractivity (Wildman–Crippen MR) is 48.7 cm³/mol. The molecule has 1 aliphatic rings. The summed E-state index contributed by atoms with van der Waals surface area (Å²) in [5, 5.41) is 0. The van der Waals surface area contributed by atoms with Crippen LogP contribution in [0.15, 0.2) is 9.98 Å². The maximum absolute atomic E-state index is 5.55. The monoisotopic (exact) mass is 193 g/mol. The minimum atomic E-state index is -0.297. The van der Waals surface area contributed by atoms with E-state index >= 15 is 0 Å². The molecule has 1 rings (SSSR count). The Bertz CT molecular complexity index is 167. The molecule has 0 radical (unpaired) electrons. The second kappa shape index (κ2) is 4.57. The smallest absolute Gasteiger partial charge is 0.113 e. The van der Waals surface area contributed by atoms with Crippen LogP contribution < -0.4 is 0 Å². The van der Waals surface area contributed by atoms with E-state index < -0.39 is 0 Å².